The Morgan fingerprint density at radius 2 is 1.90 bits per heavy atom. The summed E-state index contributed by atoms with van der Waals surface area (Å²) in [6, 6.07) is 0. The Labute approximate surface area is 178 Å². The maximum absolute atomic E-state index is 12.0. The van der Waals surface area contributed by atoms with Crippen LogP contribution in [0.4, 0.5) is 5.82 Å². The number of nitrogen functional groups attached to an aromatic ring is 1. The summed E-state index contributed by atoms with van der Waals surface area (Å²) in [5, 5.41) is 11.3. The molecule has 0 fully saturated rings. The number of rotatable bonds is 9. The van der Waals surface area contributed by atoms with Gasteiger partial charge < -0.3 is 25.5 Å². The number of anilines is 1. The second kappa shape index (κ2) is 9.50. The van der Waals surface area contributed by atoms with E-state index in [2.05, 4.69) is 14.3 Å². The molecule has 0 saturated carbocycles. The zero-order valence-corrected chi connectivity index (χ0v) is 19.7. The first kappa shape index (κ1) is 25.0. The van der Waals surface area contributed by atoms with Crippen molar-refractivity contribution in [3.8, 4) is 0 Å². The third kappa shape index (κ3) is 6.63. The van der Waals surface area contributed by atoms with Crippen LogP contribution in [0.5, 0.6) is 0 Å². The number of phosphoric acid groups is 1. The molecule has 2 aromatic heterocycles. The van der Waals surface area contributed by atoms with Crippen molar-refractivity contribution in [1.29, 1.82) is 0 Å². The van der Waals surface area contributed by atoms with Gasteiger partial charge in [-0.25, -0.2) is 18.8 Å². The SMILES string of the molecule is Cc1ncc(C[n+]2c(C(O)C(C)C)sc(CCP(=O)(O)OP(=O)(O)O)c2C)c(N)n1. The van der Waals surface area contributed by atoms with Crippen LogP contribution in [0.15, 0.2) is 6.20 Å². The molecule has 2 rings (SSSR count). The number of nitrogens with zero attached hydrogens (tertiary/aromatic N) is 3. The maximum atomic E-state index is 12.0. The molecule has 11 nitrogen and oxygen atoms in total. The Balaban J connectivity index is 2.38. The van der Waals surface area contributed by atoms with Gasteiger partial charge in [0.25, 0.3) is 5.01 Å². The molecule has 0 radical (unpaired) electrons. The normalized spacial score (nSPS) is 15.4. The summed E-state index contributed by atoms with van der Waals surface area (Å²) in [7, 11) is -9.59. The highest BCUT2D eigenvalue weighted by Crippen LogP contribution is 2.57. The molecule has 14 heteroatoms. The lowest BCUT2D eigenvalue weighted by atomic mass is 10.1. The van der Waals surface area contributed by atoms with Crippen LogP contribution >= 0.6 is 26.8 Å². The minimum atomic E-state index is -5.09. The van der Waals surface area contributed by atoms with Crippen LogP contribution in [0.3, 0.4) is 0 Å². The molecule has 0 bridgehead atoms. The Hall–Kier alpha value is -1.23. The molecule has 0 saturated heterocycles. The smallest absolute Gasteiger partial charge is 0.383 e. The van der Waals surface area contributed by atoms with Crippen LogP contribution in [-0.2, 0) is 26.4 Å². The van der Waals surface area contributed by atoms with Crippen molar-refractivity contribution in [3.05, 3.63) is 33.2 Å². The van der Waals surface area contributed by atoms with Crippen molar-refractivity contribution in [1.82, 2.24) is 9.97 Å². The van der Waals surface area contributed by atoms with Gasteiger partial charge in [-0.1, -0.05) is 25.2 Å². The fourth-order valence-electron chi connectivity index (χ4n) is 2.76. The van der Waals surface area contributed by atoms with Gasteiger partial charge in [0.1, 0.15) is 11.6 Å². The fourth-order valence-corrected chi connectivity index (χ4v) is 6.49. The van der Waals surface area contributed by atoms with E-state index in [-0.39, 0.29) is 12.3 Å². The summed E-state index contributed by atoms with van der Waals surface area (Å²) < 4.78 is 28.7. The van der Waals surface area contributed by atoms with E-state index in [0.717, 1.165) is 5.69 Å². The van der Waals surface area contributed by atoms with Gasteiger partial charge >= 0.3 is 15.4 Å². The average Bonchev–Trinajstić information content (AvgIpc) is 2.89. The monoisotopic (exact) mass is 481 g/mol. The molecular formula is C16H27N4O7P2S+. The maximum Gasteiger partial charge on any atom is 0.476 e. The van der Waals surface area contributed by atoms with Gasteiger partial charge in [0.15, 0.2) is 18.3 Å². The largest absolute Gasteiger partial charge is 0.476 e. The van der Waals surface area contributed by atoms with Crippen molar-refractivity contribution in [2.45, 2.75) is 46.8 Å². The molecule has 2 aromatic rings. The van der Waals surface area contributed by atoms with Gasteiger partial charge in [-0.15, -0.1) is 0 Å². The third-order valence-electron chi connectivity index (χ3n) is 4.39. The van der Waals surface area contributed by atoms with E-state index in [1.165, 1.54) is 11.3 Å². The summed E-state index contributed by atoms with van der Waals surface area (Å²) in [6.07, 6.45) is 0.381. The van der Waals surface area contributed by atoms with Crippen molar-refractivity contribution < 1.29 is 37.8 Å². The standard InChI is InChI=1S/C16H26N4O7P2S/c1-9(2)14(21)16-20(8-12-7-18-11(4)19-15(12)17)10(3)13(30-16)5-6-28(22,23)27-29(24,25)26/h7,9,14,21H,5-6,8H2,1-4H3,(H4-,17,18,19,22,23,24,25,26)/p+1. The molecule has 30 heavy (non-hydrogen) atoms. The molecule has 2 unspecified atom stereocenters. The van der Waals surface area contributed by atoms with E-state index in [0.29, 0.717) is 33.6 Å². The molecule has 0 aliphatic carbocycles. The van der Waals surface area contributed by atoms with E-state index in [4.69, 9.17) is 15.5 Å². The first-order valence-corrected chi connectivity index (χ1v) is 13.2. The van der Waals surface area contributed by atoms with Gasteiger partial charge in [0.05, 0.1) is 16.6 Å². The highest BCUT2D eigenvalue weighted by atomic mass is 32.1. The fraction of sp³-hybridized carbons (Fsp3) is 0.562. The zero-order chi connectivity index (χ0) is 22.9. The number of aryl methyl sites for hydroxylation is 2. The summed E-state index contributed by atoms with van der Waals surface area (Å²) in [4.78, 5) is 36.3. The topological polar surface area (TPSA) is 180 Å². The first-order chi connectivity index (χ1) is 13.7. The van der Waals surface area contributed by atoms with Crippen molar-refractivity contribution >= 4 is 32.6 Å². The number of hydrogen-bond donors (Lipinski definition) is 5. The lowest BCUT2D eigenvalue weighted by Gasteiger charge is -2.11. The van der Waals surface area contributed by atoms with Crippen molar-refractivity contribution in [2.24, 2.45) is 5.92 Å². The third-order valence-corrected chi connectivity index (χ3v) is 8.47. The number of nitrogens with two attached hydrogens (primary N) is 1. The highest BCUT2D eigenvalue weighted by molar-refractivity contribution is 7.63. The second-order valence-corrected chi connectivity index (χ2v) is 11.7. The number of thiazole rings is 1. The van der Waals surface area contributed by atoms with Crippen molar-refractivity contribution in [3.63, 3.8) is 0 Å². The number of aliphatic hydroxyl groups is 1. The lowest BCUT2D eigenvalue weighted by molar-refractivity contribution is -0.700. The minimum Gasteiger partial charge on any atom is -0.383 e. The van der Waals surface area contributed by atoms with E-state index >= 15 is 0 Å². The van der Waals surface area contributed by atoms with E-state index < -0.39 is 27.7 Å². The number of aliphatic hydroxyl groups excluding tert-OH is 1. The summed E-state index contributed by atoms with van der Waals surface area (Å²) in [6.45, 7) is 7.54. The molecule has 0 aliphatic heterocycles. The summed E-state index contributed by atoms with van der Waals surface area (Å²) >= 11 is 1.26. The predicted octanol–water partition coefficient (Wildman–Crippen LogP) is 1.60. The van der Waals surface area contributed by atoms with E-state index in [1.54, 1.807) is 20.0 Å². The van der Waals surface area contributed by atoms with Gasteiger partial charge in [0, 0.05) is 13.1 Å². The van der Waals surface area contributed by atoms with Crippen LogP contribution in [0.25, 0.3) is 0 Å². The van der Waals surface area contributed by atoms with E-state index in [1.807, 2.05) is 18.4 Å². The van der Waals surface area contributed by atoms with Gasteiger partial charge in [-0.3, -0.25) is 4.57 Å². The van der Waals surface area contributed by atoms with Crippen LogP contribution in [0.2, 0.25) is 0 Å². The Morgan fingerprint density at radius 3 is 2.43 bits per heavy atom. The van der Waals surface area contributed by atoms with Crippen LogP contribution in [-0.4, -0.2) is 35.9 Å². The molecule has 0 aliphatic rings. The minimum absolute atomic E-state index is 0.0367. The quantitative estimate of drug-likeness (QED) is 0.261. The Morgan fingerprint density at radius 1 is 1.27 bits per heavy atom. The molecular weight excluding hydrogens is 454 g/mol. The highest BCUT2D eigenvalue weighted by Gasteiger charge is 2.34. The summed E-state index contributed by atoms with van der Waals surface area (Å²) in [5.41, 5.74) is 7.39. The second-order valence-electron chi connectivity index (χ2n) is 7.23. The van der Waals surface area contributed by atoms with Gasteiger partial charge in [-0.05, 0) is 19.3 Å². The lowest BCUT2D eigenvalue weighted by Crippen LogP contribution is -2.41. The van der Waals surface area contributed by atoms with Gasteiger partial charge in [0.2, 0.25) is 0 Å². The molecule has 0 amide bonds. The van der Waals surface area contributed by atoms with Gasteiger partial charge in [-0.2, -0.15) is 4.57 Å². The molecule has 168 valence electrons. The molecule has 2 atom stereocenters. The predicted molar refractivity (Wildman–Crippen MR) is 111 cm³/mol. The van der Waals surface area contributed by atoms with Crippen molar-refractivity contribution in [2.75, 3.05) is 11.9 Å². The number of hydrogen-bond acceptors (Lipinski definition) is 8. The molecule has 2 heterocycles. The summed E-state index contributed by atoms with van der Waals surface area (Å²) in [5.74, 6) is 0.771. The zero-order valence-electron chi connectivity index (χ0n) is 17.1. The molecule has 6 N–H and O–H groups in total. The molecule has 0 spiro atoms. The first-order valence-electron chi connectivity index (χ1n) is 9.07. The average molecular weight is 481 g/mol. The number of aromatic nitrogens is 3. The Kier molecular flexibility index (Phi) is 7.93. The van der Waals surface area contributed by atoms with Crippen LogP contribution in [0.1, 0.15) is 46.9 Å². The molecule has 0 aromatic carbocycles. The van der Waals surface area contributed by atoms with E-state index in [9.17, 15) is 19.1 Å². The van der Waals surface area contributed by atoms with Crippen LogP contribution < -0.4 is 10.3 Å². The van der Waals surface area contributed by atoms with Crippen LogP contribution in [0, 0.1) is 19.8 Å². The Bertz CT molecular complexity index is 1010.